The summed E-state index contributed by atoms with van der Waals surface area (Å²) < 4.78 is 10.4. The van der Waals surface area contributed by atoms with Gasteiger partial charge in [0, 0.05) is 18.3 Å². The lowest BCUT2D eigenvalue weighted by Gasteiger charge is -2.17. The van der Waals surface area contributed by atoms with E-state index in [1.807, 2.05) is 54.4 Å². The molecule has 23 heavy (non-hydrogen) atoms. The Morgan fingerprint density at radius 1 is 1.04 bits per heavy atom. The van der Waals surface area contributed by atoms with Crippen LogP contribution in [0.15, 0.2) is 48.5 Å². The number of likely N-dealkylation sites (N-methyl/N-ethyl adjacent to an activating group) is 1. The summed E-state index contributed by atoms with van der Waals surface area (Å²) in [5, 5.41) is 2.87. The second kappa shape index (κ2) is 8.19. The number of hydrogen-bond donors (Lipinski definition) is 1. The summed E-state index contributed by atoms with van der Waals surface area (Å²) >= 11 is 0. The Bertz CT molecular complexity index is 658. The molecule has 0 aliphatic carbocycles. The molecule has 0 unspecified atom stereocenters. The van der Waals surface area contributed by atoms with Crippen molar-refractivity contribution in [3.63, 3.8) is 0 Å². The predicted octanol–water partition coefficient (Wildman–Crippen LogP) is 2.77. The molecule has 0 aliphatic rings. The molecular formula is C18H22N2O3. The molecule has 2 aromatic carbocycles. The zero-order chi connectivity index (χ0) is 16.7. The van der Waals surface area contributed by atoms with Crippen molar-refractivity contribution in [1.29, 1.82) is 0 Å². The summed E-state index contributed by atoms with van der Waals surface area (Å²) in [7, 11) is 5.15. The molecule has 122 valence electrons. The van der Waals surface area contributed by atoms with E-state index in [0.29, 0.717) is 18.8 Å². The first-order chi connectivity index (χ1) is 11.1. The maximum atomic E-state index is 12.1. The quantitative estimate of drug-likeness (QED) is 0.854. The molecule has 5 heteroatoms. The lowest BCUT2D eigenvalue weighted by Crippen LogP contribution is -2.29. The topological polar surface area (TPSA) is 50.8 Å². The van der Waals surface area contributed by atoms with Crippen molar-refractivity contribution in [3.8, 4) is 11.5 Å². The van der Waals surface area contributed by atoms with Gasteiger partial charge in [-0.2, -0.15) is 0 Å². The van der Waals surface area contributed by atoms with Gasteiger partial charge in [0.05, 0.1) is 20.8 Å². The van der Waals surface area contributed by atoms with Gasteiger partial charge in [0.15, 0.2) is 0 Å². The van der Waals surface area contributed by atoms with Crippen LogP contribution in [0.4, 0.5) is 5.69 Å². The van der Waals surface area contributed by atoms with Gasteiger partial charge in [0.25, 0.3) is 0 Å². The summed E-state index contributed by atoms with van der Waals surface area (Å²) in [4.78, 5) is 14.1. The SMILES string of the molecule is COc1cccc(CN(C)CC(=O)Nc2cccc(OC)c2)c1. The monoisotopic (exact) mass is 314 g/mol. The standard InChI is InChI=1S/C18H22N2O3/c1-20(12-14-6-4-8-16(10-14)22-2)13-18(21)19-15-7-5-9-17(11-15)23-3/h4-11H,12-13H2,1-3H3,(H,19,21). The molecule has 2 rings (SSSR count). The summed E-state index contributed by atoms with van der Waals surface area (Å²) in [5.74, 6) is 1.47. The summed E-state index contributed by atoms with van der Waals surface area (Å²) in [5.41, 5.74) is 1.82. The zero-order valence-electron chi connectivity index (χ0n) is 13.7. The minimum absolute atomic E-state index is 0.0661. The van der Waals surface area contributed by atoms with Crippen LogP contribution in [0.3, 0.4) is 0 Å². The average Bonchev–Trinajstić information content (AvgIpc) is 2.54. The number of amides is 1. The van der Waals surface area contributed by atoms with Gasteiger partial charge in [0.2, 0.25) is 5.91 Å². The second-order valence-corrected chi connectivity index (χ2v) is 5.30. The smallest absolute Gasteiger partial charge is 0.238 e. The van der Waals surface area contributed by atoms with Gasteiger partial charge in [-0.05, 0) is 36.9 Å². The molecule has 0 heterocycles. The molecule has 0 bridgehead atoms. The third kappa shape index (κ3) is 5.30. The van der Waals surface area contributed by atoms with Crippen molar-refractivity contribution < 1.29 is 14.3 Å². The van der Waals surface area contributed by atoms with E-state index in [-0.39, 0.29) is 5.91 Å². The van der Waals surface area contributed by atoms with Crippen molar-refractivity contribution in [2.45, 2.75) is 6.54 Å². The van der Waals surface area contributed by atoms with Crippen molar-refractivity contribution in [2.24, 2.45) is 0 Å². The van der Waals surface area contributed by atoms with Crippen LogP contribution in [0.25, 0.3) is 0 Å². The molecule has 0 fully saturated rings. The molecule has 5 nitrogen and oxygen atoms in total. The highest BCUT2D eigenvalue weighted by molar-refractivity contribution is 5.92. The molecule has 0 saturated heterocycles. The summed E-state index contributed by atoms with van der Waals surface area (Å²) in [6.45, 7) is 0.969. The van der Waals surface area contributed by atoms with E-state index >= 15 is 0 Å². The fraction of sp³-hybridized carbons (Fsp3) is 0.278. The number of ether oxygens (including phenoxy) is 2. The van der Waals surface area contributed by atoms with Crippen LogP contribution in [-0.4, -0.2) is 38.6 Å². The van der Waals surface area contributed by atoms with E-state index in [9.17, 15) is 4.79 Å². The van der Waals surface area contributed by atoms with E-state index in [1.54, 1.807) is 20.3 Å². The van der Waals surface area contributed by atoms with E-state index in [0.717, 1.165) is 17.0 Å². The first-order valence-electron chi connectivity index (χ1n) is 7.36. The number of nitrogens with one attached hydrogen (secondary N) is 1. The van der Waals surface area contributed by atoms with Gasteiger partial charge in [-0.15, -0.1) is 0 Å². The molecule has 1 N–H and O–H groups in total. The number of methoxy groups -OCH3 is 2. The first kappa shape index (κ1) is 16.8. The van der Waals surface area contributed by atoms with Crippen LogP contribution in [0.1, 0.15) is 5.56 Å². The number of carbonyl (C=O) groups excluding carboxylic acids is 1. The molecule has 0 spiro atoms. The first-order valence-corrected chi connectivity index (χ1v) is 7.36. The Balaban J connectivity index is 1.88. The van der Waals surface area contributed by atoms with Crippen LogP contribution in [0, 0.1) is 0 Å². The Kier molecular flexibility index (Phi) is 6.00. The number of rotatable bonds is 7. The summed E-state index contributed by atoms with van der Waals surface area (Å²) in [6.07, 6.45) is 0. The molecule has 0 aromatic heterocycles. The molecule has 0 radical (unpaired) electrons. The fourth-order valence-corrected chi connectivity index (χ4v) is 2.28. The third-order valence-electron chi connectivity index (χ3n) is 3.35. The highest BCUT2D eigenvalue weighted by Gasteiger charge is 2.08. The minimum atomic E-state index is -0.0661. The third-order valence-corrected chi connectivity index (χ3v) is 3.35. The molecule has 0 aliphatic heterocycles. The van der Waals surface area contributed by atoms with Crippen molar-refractivity contribution >= 4 is 11.6 Å². The van der Waals surface area contributed by atoms with Gasteiger partial charge in [-0.3, -0.25) is 9.69 Å². The van der Waals surface area contributed by atoms with Crippen LogP contribution >= 0.6 is 0 Å². The molecule has 1 amide bonds. The largest absolute Gasteiger partial charge is 0.497 e. The highest BCUT2D eigenvalue weighted by atomic mass is 16.5. The minimum Gasteiger partial charge on any atom is -0.497 e. The molecule has 0 atom stereocenters. The normalized spacial score (nSPS) is 10.4. The number of nitrogens with zero attached hydrogens (tertiary/aromatic N) is 1. The lowest BCUT2D eigenvalue weighted by atomic mass is 10.2. The van der Waals surface area contributed by atoms with Gasteiger partial charge < -0.3 is 14.8 Å². The van der Waals surface area contributed by atoms with E-state index in [4.69, 9.17) is 9.47 Å². The zero-order valence-corrected chi connectivity index (χ0v) is 13.7. The molecular weight excluding hydrogens is 292 g/mol. The van der Waals surface area contributed by atoms with E-state index in [1.165, 1.54) is 0 Å². The maximum absolute atomic E-state index is 12.1. The van der Waals surface area contributed by atoms with Crippen LogP contribution in [-0.2, 0) is 11.3 Å². The van der Waals surface area contributed by atoms with Gasteiger partial charge in [0.1, 0.15) is 11.5 Å². The number of anilines is 1. The fourth-order valence-electron chi connectivity index (χ4n) is 2.28. The Labute approximate surface area is 136 Å². The van der Waals surface area contributed by atoms with E-state index < -0.39 is 0 Å². The molecule has 2 aromatic rings. The number of benzene rings is 2. The second-order valence-electron chi connectivity index (χ2n) is 5.30. The van der Waals surface area contributed by atoms with Crippen molar-refractivity contribution in [3.05, 3.63) is 54.1 Å². The van der Waals surface area contributed by atoms with Crippen molar-refractivity contribution in [2.75, 3.05) is 33.1 Å². The van der Waals surface area contributed by atoms with Crippen molar-refractivity contribution in [1.82, 2.24) is 4.90 Å². The van der Waals surface area contributed by atoms with E-state index in [2.05, 4.69) is 5.32 Å². The van der Waals surface area contributed by atoms with Crippen LogP contribution in [0.5, 0.6) is 11.5 Å². The highest BCUT2D eigenvalue weighted by Crippen LogP contribution is 2.17. The molecule has 0 saturated carbocycles. The number of carbonyl (C=O) groups is 1. The summed E-state index contributed by atoms with van der Waals surface area (Å²) in [6, 6.07) is 15.1. The number of hydrogen-bond acceptors (Lipinski definition) is 4. The predicted molar refractivity (Wildman–Crippen MR) is 91.0 cm³/mol. The Morgan fingerprint density at radius 3 is 2.39 bits per heavy atom. The van der Waals surface area contributed by atoms with Gasteiger partial charge in [-0.25, -0.2) is 0 Å². The maximum Gasteiger partial charge on any atom is 0.238 e. The van der Waals surface area contributed by atoms with Crippen LogP contribution < -0.4 is 14.8 Å². The Hall–Kier alpha value is -2.53. The Morgan fingerprint density at radius 2 is 1.70 bits per heavy atom. The van der Waals surface area contributed by atoms with Gasteiger partial charge in [-0.1, -0.05) is 18.2 Å². The van der Waals surface area contributed by atoms with Crippen LogP contribution in [0.2, 0.25) is 0 Å². The van der Waals surface area contributed by atoms with Gasteiger partial charge >= 0.3 is 0 Å². The average molecular weight is 314 g/mol. The lowest BCUT2D eigenvalue weighted by molar-refractivity contribution is -0.117.